The predicted octanol–water partition coefficient (Wildman–Crippen LogP) is 3.04. The molecular weight excluding hydrogens is 352 g/mol. The number of anilines is 2. The quantitative estimate of drug-likeness (QED) is 0.508. The molecule has 0 aliphatic rings. The molecule has 8 heteroatoms. The predicted molar refractivity (Wildman–Crippen MR) is 103 cm³/mol. The maximum Gasteiger partial charge on any atom is 0.213 e. The minimum Gasteiger partial charge on any atom is -0.508 e. The van der Waals surface area contributed by atoms with Crippen LogP contribution in [0.3, 0.4) is 0 Å². The molecule has 0 aliphatic carbocycles. The average Bonchev–Trinajstić information content (AvgIpc) is 2.58. The van der Waals surface area contributed by atoms with Crippen LogP contribution in [0.2, 0.25) is 0 Å². The van der Waals surface area contributed by atoms with Gasteiger partial charge in [0.05, 0.1) is 11.4 Å². The fourth-order valence-electron chi connectivity index (χ4n) is 2.27. The first kappa shape index (κ1) is 19.4. The summed E-state index contributed by atoms with van der Waals surface area (Å²) in [5.41, 5.74) is 2.24. The van der Waals surface area contributed by atoms with E-state index in [9.17, 15) is 13.5 Å². The Kier molecular flexibility index (Phi) is 6.26. The topological polar surface area (TPSA) is 118 Å². The summed E-state index contributed by atoms with van der Waals surface area (Å²) in [6.07, 6.45) is 6.13. The standard InChI is InChI=1S/C18H20N4O3S/c1-3-6-15(17(23)4-2)16-10-18(21-12-20-16)22-14-8-5-7-13(9-14)11-26(19,24)25/h3-10,12,23H,1,11H2,2H3,(H2,19,24,25)(H,20,21,22)/b15-6-,17-4+. The van der Waals surface area contributed by atoms with Gasteiger partial charge >= 0.3 is 0 Å². The third kappa shape index (κ3) is 5.54. The zero-order valence-corrected chi connectivity index (χ0v) is 15.1. The molecule has 0 fully saturated rings. The van der Waals surface area contributed by atoms with Crippen LogP contribution < -0.4 is 10.5 Å². The summed E-state index contributed by atoms with van der Waals surface area (Å²) in [5, 5.41) is 18.2. The molecule has 2 rings (SSSR count). The number of benzene rings is 1. The SMILES string of the molecule is C=C/C=C(\C(O)=C/C)c1cc(Nc2cccc(CS(N)(=O)=O)c2)ncn1. The van der Waals surface area contributed by atoms with Gasteiger partial charge in [-0.25, -0.2) is 23.5 Å². The lowest BCUT2D eigenvalue weighted by Gasteiger charge is -2.10. The van der Waals surface area contributed by atoms with Gasteiger partial charge < -0.3 is 10.4 Å². The normalized spacial score (nSPS) is 12.7. The summed E-state index contributed by atoms with van der Waals surface area (Å²) < 4.78 is 22.5. The summed E-state index contributed by atoms with van der Waals surface area (Å²) in [5.74, 6) is 0.310. The molecule has 0 saturated heterocycles. The molecule has 0 aliphatic heterocycles. The largest absolute Gasteiger partial charge is 0.508 e. The molecule has 136 valence electrons. The van der Waals surface area contributed by atoms with Crippen molar-refractivity contribution in [2.45, 2.75) is 12.7 Å². The summed E-state index contributed by atoms with van der Waals surface area (Å²) in [6.45, 7) is 5.35. The molecule has 1 heterocycles. The molecule has 0 saturated carbocycles. The number of sulfonamides is 1. The van der Waals surface area contributed by atoms with Crippen molar-refractivity contribution in [1.29, 1.82) is 0 Å². The second-order valence-corrected chi connectivity index (χ2v) is 7.03. The van der Waals surface area contributed by atoms with Crippen LogP contribution in [0.1, 0.15) is 18.2 Å². The fraction of sp³-hybridized carbons (Fsp3) is 0.111. The second kappa shape index (κ2) is 8.41. The van der Waals surface area contributed by atoms with Crippen molar-refractivity contribution in [3.8, 4) is 0 Å². The lowest BCUT2D eigenvalue weighted by molar-refractivity contribution is 0.436. The Morgan fingerprint density at radius 2 is 2.12 bits per heavy atom. The molecule has 0 unspecified atom stereocenters. The smallest absolute Gasteiger partial charge is 0.213 e. The van der Waals surface area contributed by atoms with E-state index in [2.05, 4.69) is 21.9 Å². The molecule has 0 amide bonds. The second-order valence-electron chi connectivity index (χ2n) is 5.41. The maximum absolute atomic E-state index is 11.2. The number of aliphatic hydroxyl groups is 1. The number of hydrogen-bond acceptors (Lipinski definition) is 6. The van der Waals surface area contributed by atoms with Gasteiger partial charge in [-0.1, -0.05) is 24.8 Å². The number of rotatable bonds is 7. The molecule has 0 atom stereocenters. The van der Waals surface area contributed by atoms with E-state index in [1.54, 1.807) is 55.5 Å². The van der Waals surface area contributed by atoms with Crippen LogP contribution in [0.15, 0.2) is 67.2 Å². The fourth-order valence-corrected chi connectivity index (χ4v) is 2.91. The van der Waals surface area contributed by atoms with Gasteiger partial charge in [-0.15, -0.1) is 0 Å². The molecule has 4 N–H and O–H groups in total. The number of primary sulfonamides is 1. The highest BCUT2D eigenvalue weighted by atomic mass is 32.2. The first-order valence-corrected chi connectivity index (χ1v) is 9.41. The van der Waals surface area contributed by atoms with E-state index in [0.717, 1.165) is 0 Å². The number of hydrogen-bond donors (Lipinski definition) is 3. The summed E-state index contributed by atoms with van der Waals surface area (Å²) in [7, 11) is -3.61. The van der Waals surface area contributed by atoms with Crippen LogP contribution in [0.5, 0.6) is 0 Å². The monoisotopic (exact) mass is 372 g/mol. The Hall–Kier alpha value is -2.97. The van der Waals surface area contributed by atoms with E-state index < -0.39 is 10.0 Å². The Bertz CT molecular complexity index is 966. The first-order valence-electron chi connectivity index (χ1n) is 7.69. The van der Waals surface area contributed by atoms with Crippen molar-refractivity contribution in [2.75, 3.05) is 5.32 Å². The average molecular weight is 372 g/mol. The summed E-state index contributed by atoms with van der Waals surface area (Å²) >= 11 is 0. The summed E-state index contributed by atoms with van der Waals surface area (Å²) in [4.78, 5) is 8.32. The van der Waals surface area contributed by atoms with Crippen molar-refractivity contribution in [1.82, 2.24) is 9.97 Å². The minimum absolute atomic E-state index is 0.0738. The number of allylic oxidation sites excluding steroid dienone is 4. The van der Waals surface area contributed by atoms with Gasteiger partial charge in [0.2, 0.25) is 10.0 Å². The molecule has 7 nitrogen and oxygen atoms in total. The van der Waals surface area contributed by atoms with E-state index in [4.69, 9.17) is 5.14 Å². The molecule has 1 aromatic heterocycles. The van der Waals surface area contributed by atoms with Crippen molar-refractivity contribution >= 4 is 27.1 Å². The summed E-state index contributed by atoms with van der Waals surface area (Å²) in [6, 6.07) is 8.52. The Labute approximate surface area is 152 Å². The van der Waals surface area contributed by atoms with Gasteiger partial charge in [0.25, 0.3) is 0 Å². The van der Waals surface area contributed by atoms with Crippen molar-refractivity contribution in [2.24, 2.45) is 5.14 Å². The van der Waals surface area contributed by atoms with Crippen LogP contribution in [-0.2, 0) is 15.8 Å². The molecule has 2 aromatic rings. The molecule has 0 bridgehead atoms. The lowest BCUT2D eigenvalue weighted by atomic mass is 10.1. The van der Waals surface area contributed by atoms with E-state index in [-0.39, 0.29) is 11.5 Å². The molecule has 0 spiro atoms. The van der Waals surface area contributed by atoms with Gasteiger partial charge in [-0.05, 0) is 36.8 Å². The van der Waals surface area contributed by atoms with Crippen molar-refractivity contribution < 1.29 is 13.5 Å². The molecule has 0 radical (unpaired) electrons. The Balaban J connectivity index is 2.30. The van der Waals surface area contributed by atoms with Crippen LogP contribution in [-0.4, -0.2) is 23.5 Å². The number of nitrogens with zero attached hydrogens (tertiary/aromatic N) is 2. The molecule has 26 heavy (non-hydrogen) atoms. The van der Waals surface area contributed by atoms with Gasteiger partial charge in [0.1, 0.15) is 17.9 Å². The Morgan fingerprint density at radius 3 is 2.77 bits per heavy atom. The number of aromatic nitrogens is 2. The number of aliphatic hydroxyl groups excluding tert-OH is 1. The maximum atomic E-state index is 11.2. The van der Waals surface area contributed by atoms with Gasteiger partial charge in [-0.2, -0.15) is 0 Å². The minimum atomic E-state index is -3.61. The lowest BCUT2D eigenvalue weighted by Crippen LogP contribution is -2.14. The van der Waals surface area contributed by atoms with Crippen molar-refractivity contribution in [3.63, 3.8) is 0 Å². The number of nitrogens with one attached hydrogen (secondary N) is 1. The molecule has 1 aromatic carbocycles. The Morgan fingerprint density at radius 1 is 1.35 bits per heavy atom. The first-order chi connectivity index (χ1) is 12.3. The zero-order valence-electron chi connectivity index (χ0n) is 14.3. The van der Waals surface area contributed by atoms with Crippen LogP contribution in [0, 0.1) is 0 Å². The number of nitrogens with two attached hydrogens (primary N) is 1. The zero-order chi connectivity index (χ0) is 19.2. The highest BCUT2D eigenvalue weighted by Gasteiger charge is 2.10. The van der Waals surface area contributed by atoms with Crippen LogP contribution >= 0.6 is 0 Å². The highest BCUT2D eigenvalue weighted by Crippen LogP contribution is 2.23. The van der Waals surface area contributed by atoms with E-state index in [1.807, 2.05) is 0 Å². The third-order valence-corrected chi connectivity index (χ3v) is 4.08. The third-order valence-electron chi connectivity index (χ3n) is 3.34. The molecular formula is C18H20N4O3S. The van der Waals surface area contributed by atoms with E-state index >= 15 is 0 Å². The van der Waals surface area contributed by atoms with Crippen molar-refractivity contribution in [3.05, 3.63) is 78.5 Å². The van der Waals surface area contributed by atoms with Crippen LogP contribution in [0.4, 0.5) is 11.5 Å². The van der Waals surface area contributed by atoms with E-state index in [1.165, 1.54) is 6.33 Å². The van der Waals surface area contributed by atoms with E-state index in [0.29, 0.717) is 28.3 Å². The van der Waals surface area contributed by atoms with Gasteiger partial charge in [-0.3, -0.25) is 0 Å². The van der Waals surface area contributed by atoms with Gasteiger partial charge in [0, 0.05) is 17.3 Å². The highest BCUT2D eigenvalue weighted by molar-refractivity contribution is 7.88. The van der Waals surface area contributed by atoms with Crippen LogP contribution in [0.25, 0.3) is 5.57 Å². The van der Waals surface area contributed by atoms with Gasteiger partial charge in [0.15, 0.2) is 0 Å².